The van der Waals surface area contributed by atoms with Crippen molar-refractivity contribution in [3.05, 3.63) is 34.3 Å². The number of rotatable bonds is 3. The molecule has 1 N–H and O–H groups in total. The van der Waals surface area contributed by atoms with E-state index in [0.717, 1.165) is 4.47 Å². The highest BCUT2D eigenvalue weighted by molar-refractivity contribution is 9.10. The van der Waals surface area contributed by atoms with Crippen LogP contribution >= 0.6 is 15.9 Å². The maximum atomic E-state index is 13.6. The van der Waals surface area contributed by atoms with Gasteiger partial charge in [0, 0.05) is 10.0 Å². The number of hydrogen-bond donors (Lipinski definition) is 1. The molecule has 4 heteroatoms. The Hall–Kier alpha value is -0.480. The van der Waals surface area contributed by atoms with Gasteiger partial charge < -0.3 is 5.32 Å². The summed E-state index contributed by atoms with van der Waals surface area (Å²) >= 11 is 3.21. The standard InChI is InChI=1S/C10H12BrF2N/c1-7(14-2)10(12,13)8-3-5-9(11)6-4-8/h3-7,14H,1-2H3. The number of halogens is 3. The first kappa shape index (κ1) is 11.6. The Morgan fingerprint density at radius 2 is 1.79 bits per heavy atom. The second kappa shape index (κ2) is 4.36. The summed E-state index contributed by atoms with van der Waals surface area (Å²) in [6.07, 6.45) is 0. The van der Waals surface area contributed by atoms with Gasteiger partial charge in [-0.15, -0.1) is 0 Å². The largest absolute Gasteiger partial charge is 0.312 e. The molecule has 78 valence electrons. The van der Waals surface area contributed by atoms with Crippen LogP contribution in [0.15, 0.2) is 28.7 Å². The van der Waals surface area contributed by atoms with E-state index in [1.54, 1.807) is 12.1 Å². The van der Waals surface area contributed by atoms with E-state index in [1.807, 2.05) is 0 Å². The average Bonchev–Trinajstić information content (AvgIpc) is 2.17. The summed E-state index contributed by atoms with van der Waals surface area (Å²) in [7, 11) is 1.53. The molecule has 14 heavy (non-hydrogen) atoms. The summed E-state index contributed by atoms with van der Waals surface area (Å²) in [4.78, 5) is 0. The van der Waals surface area contributed by atoms with Crippen molar-refractivity contribution in [2.75, 3.05) is 7.05 Å². The van der Waals surface area contributed by atoms with Crippen molar-refractivity contribution in [2.24, 2.45) is 0 Å². The third-order valence-electron chi connectivity index (χ3n) is 2.21. The molecule has 0 aliphatic carbocycles. The van der Waals surface area contributed by atoms with Gasteiger partial charge in [0.2, 0.25) is 0 Å². The third kappa shape index (κ3) is 2.30. The Labute approximate surface area is 90.6 Å². The predicted molar refractivity (Wildman–Crippen MR) is 56.6 cm³/mol. The average molecular weight is 264 g/mol. The highest BCUT2D eigenvalue weighted by Gasteiger charge is 2.37. The molecule has 0 saturated carbocycles. The zero-order chi connectivity index (χ0) is 10.8. The first-order chi connectivity index (χ1) is 6.48. The summed E-state index contributed by atoms with van der Waals surface area (Å²) in [6, 6.07) is 5.22. The van der Waals surface area contributed by atoms with Crippen molar-refractivity contribution in [3.63, 3.8) is 0 Å². The maximum absolute atomic E-state index is 13.6. The molecule has 0 aromatic heterocycles. The minimum atomic E-state index is -2.84. The molecule has 0 aliphatic rings. The van der Waals surface area contributed by atoms with Crippen LogP contribution in [0.3, 0.4) is 0 Å². The van der Waals surface area contributed by atoms with E-state index in [0.29, 0.717) is 0 Å². The molecule has 0 amide bonds. The zero-order valence-corrected chi connectivity index (χ0v) is 9.61. The van der Waals surface area contributed by atoms with Crippen molar-refractivity contribution < 1.29 is 8.78 Å². The molecular weight excluding hydrogens is 252 g/mol. The van der Waals surface area contributed by atoms with Gasteiger partial charge in [0.25, 0.3) is 5.92 Å². The molecule has 0 aliphatic heterocycles. The maximum Gasteiger partial charge on any atom is 0.287 e. The van der Waals surface area contributed by atoms with Crippen LogP contribution in [0.25, 0.3) is 0 Å². The van der Waals surface area contributed by atoms with Crippen LogP contribution in [0.2, 0.25) is 0 Å². The van der Waals surface area contributed by atoms with Gasteiger partial charge in [-0.25, -0.2) is 0 Å². The van der Waals surface area contributed by atoms with Gasteiger partial charge in [0.15, 0.2) is 0 Å². The lowest BCUT2D eigenvalue weighted by Crippen LogP contribution is -2.38. The van der Waals surface area contributed by atoms with Crippen LogP contribution in [0.5, 0.6) is 0 Å². The van der Waals surface area contributed by atoms with Crippen LogP contribution < -0.4 is 5.32 Å². The van der Waals surface area contributed by atoms with Crippen molar-refractivity contribution in [1.82, 2.24) is 5.32 Å². The molecule has 1 nitrogen and oxygen atoms in total. The van der Waals surface area contributed by atoms with Gasteiger partial charge in [-0.2, -0.15) is 8.78 Å². The lowest BCUT2D eigenvalue weighted by atomic mass is 10.0. The van der Waals surface area contributed by atoms with E-state index in [9.17, 15) is 8.78 Å². The second-order valence-electron chi connectivity index (χ2n) is 3.14. The van der Waals surface area contributed by atoms with Crippen molar-refractivity contribution in [2.45, 2.75) is 18.9 Å². The highest BCUT2D eigenvalue weighted by Crippen LogP contribution is 2.32. The predicted octanol–water partition coefficient (Wildman–Crippen LogP) is 3.15. The Morgan fingerprint density at radius 1 is 1.29 bits per heavy atom. The summed E-state index contributed by atoms with van der Waals surface area (Å²) in [5, 5.41) is 2.56. The van der Waals surface area contributed by atoms with Gasteiger partial charge in [-0.1, -0.05) is 28.1 Å². The first-order valence-electron chi connectivity index (χ1n) is 4.29. The summed E-state index contributed by atoms with van der Waals surface area (Å²) < 4.78 is 28.0. The van der Waals surface area contributed by atoms with Crippen molar-refractivity contribution in [3.8, 4) is 0 Å². The van der Waals surface area contributed by atoms with Crippen LogP contribution in [0.4, 0.5) is 8.78 Å². The summed E-state index contributed by atoms with van der Waals surface area (Å²) in [6.45, 7) is 1.46. The summed E-state index contributed by atoms with van der Waals surface area (Å²) in [5.74, 6) is -2.84. The number of alkyl halides is 2. The highest BCUT2D eigenvalue weighted by atomic mass is 79.9. The molecule has 1 unspecified atom stereocenters. The zero-order valence-electron chi connectivity index (χ0n) is 8.02. The molecule has 1 aromatic rings. The van der Waals surface area contributed by atoms with Crippen LogP contribution in [-0.4, -0.2) is 13.1 Å². The van der Waals surface area contributed by atoms with Gasteiger partial charge >= 0.3 is 0 Å². The topological polar surface area (TPSA) is 12.0 Å². The van der Waals surface area contributed by atoms with Gasteiger partial charge in [-0.05, 0) is 26.1 Å². The fourth-order valence-electron chi connectivity index (χ4n) is 1.10. The molecular formula is C10H12BrF2N. The molecule has 0 fully saturated rings. The van der Waals surface area contributed by atoms with Crippen LogP contribution in [0, 0.1) is 0 Å². The van der Waals surface area contributed by atoms with Gasteiger partial charge in [0.05, 0.1) is 6.04 Å². The number of nitrogens with one attached hydrogen (secondary N) is 1. The fraction of sp³-hybridized carbons (Fsp3) is 0.400. The van der Waals surface area contributed by atoms with Crippen LogP contribution in [0.1, 0.15) is 12.5 Å². The quantitative estimate of drug-likeness (QED) is 0.884. The first-order valence-corrected chi connectivity index (χ1v) is 5.09. The molecule has 0 heterocycles. The lowest BCUT2D eigenvalue weighted by molar-refractivity contribution is -0.0354. The molecule has 0 bridgehead atoms. The number of benzene rings is 1. The third-order valence-corrected chi connectivity index (χ3v) is 2.73. The lowest BCUT2D eigenvalue weighted by Gasteiger charge is -2.23. The smallest absolute Gasteiger partial charge is 0.287 e. The van der Waals surface area contributed by atoms with Crippen molar-refractivity contribution in [1.29, 1.82) is 0 Å². The van der Waals surface area contributed by atoms with E-state index in [2.05, 4.69) is 21.2 Å². The molecule has 1 aromatic carbocycles. The molecule has 0 saturated heterocycles. The van der Waals surface area contributed by atoms with E-state index < -0.39 is 12.0 Å². The molecule has 1 rings (SSSR count). The minimum absolute atomic E-state index is 0.0301. The monoisotopic (exact) mass is 263 g/mol. The Morgan fingerprint density at radius 3 is 2.21 bits per heavy atom. The molecule has 0 radical (unpaired) electrons. The fourth-order valence-corrected chi connectivity index (χ4v) is 1.37. The van der Waals surface area contributed by atoms with Crippen molar-refractivity contribution >= 4 is 15.9 Å². The van der Waals surface area contributed by atoms with E-state index in [1.165, 1.54) is 26.1 Å². The van der Waals surface area contributed by atoms with Gasteiger partial charge in [0.1, 0.15) is 0 Å². The Balaban J connectivity index is 2.97. The molecule has 0 spiro atoms. The number of hydrogen-bond acceptors (Lipinski definition) is 1. The Kier molecular flexibility index (Phi) is 3.61. The SMILES string of the molecule is CNC(C)C(F)(F)c1ccc(Br)cc1. The van der Waals surface area contributed by atoms with E-state index >= 15 is 0 Å². The Bertz CT molecular complexity index is 297. The van der Waals surface area contributed by atoms with Gasteiger partial charge in [-0.3, -0.25) is 0 Å². The van der Waals surface area contributed by atoms with Crippen LogP contribution in [-0.2, 0) is 5.92 Å². The second-order valence-corrected chi connectivity index (χ2v) is 4.06. The minimum Gasteiger partial charge on any atom is -0.312 e. The molecule has 1 atom stereocenters. The normalized spacial score (nSPS) is 14.1. The van der Waals surface area contributed by atoms with E-state index in [4.69, 9.17) is 0 Å². The van der Waals surface area contributed by atoms with E-state index in [-0.39, 0.29) is 5.56 Å². The summed E-state index contributed by atoms with van der Waals surface area (Å²) in [5.41, 5.74) is 0.0301. The number of likely N-dealkylation sites (N-methyl/N-ethyl adjacent to an activating group) is 1.